The molecular formula is C18H20N2O4. The van der Waals surface area contributed by atoms with E-state index in [9.17, 15) is 9.59 Å². The number of hydrogen-bond acceptors (Lipinski definition) is 4. The van der Waals surface area contributed by atoms with Crippen LogP contribution in [0.15, 0.2) is 48.5 Å². The van der Waals surface area contributed by atoms with Crippen molar-refractivity contribution < 1.29 is 19.1 Å². The molecule has 0 aromatic heterocycles. The van der Waals surface area contributed by atoms with Gasteiger partial charge in [-0.05, 0) is 23.8 Å². The second-order valence-corrected chi connectivity index (χ2v) is 5.17. The Balaban J connectivity index is 2.16. The molecule has 0 saturated heterocycles. The highest BCUT2D eigenvalue weighted by atomic mass is 16.5. The van der Waals surface area contributed by atoms with Gasteiger partial charge in [0.2, 0.25) is 11.8 Å². The topological polar surface area (TPSA) is 90.7 Å². The van der Waals surface area contributed by atoms with Crippen molar-refractivity contribution in [2.45, 2.75) is 12.5 Å². The summed E-state index contributed by atoms with van der Waals surface area (Å²) in [5.74, 6) is 0.232. The molecule has 0 spiro atoms. The SMILES string of the molecule is COc1ccc(OC)c(CC(=O)NC(C(N)=O)c2ccccc2)c1. The fourth-order valence-corrected chi connectivity index (χ4v) is 2.37. The molecule has 0 radical (unpaired) electrons. The van der Waals surface area contributed by atoms with Gasteiger partial charge >= 0.3 is 0 Å². The highest BCUT2D eigenvalue weighted by molar-refractivity contribution is 5.88. The van der Waals surface area contributed by atoms with Crippen LogP contribution in [0, 0.1) is 0 Å². The highest BCUT2D eigenvalue weighted by Crippen LogP contribution is 2.24. The molecule has 0 heterocycles. The first-order valence-corrected chi connectivity index (χ1v) is 7.39. The summed E-state index contributed by atoms with van der Waals surface area (Å²) < 4.78 is 10.4. The van der Waals surface area contributed by atoms with E-state index in [0.717, 1.165) is 0 Å². The standard InChI is InChI=1S/C18H20N2O4/c1-23-14-8-9-15(24-2)13(10-14)11-16(21)20-17(18(19)22)12-6-4-3-5-7-12/h3-10,17H,11H2,1-2H3,(H2,19,22)(H,20,21). The maximum Gasteiger partial charge on any atom is 0.244 e. The molecule has 0 fully saturated rings. The van der Waals surface area contributed by atoms with Gasteiger partial charge in [-0.2, -0.15) is 0 Å². The van der Waals surface area contributed by atoms with E-state index in [1.54, 1.807) is 49.6 Å². The summed E-state index contributed by atoms with van der Waals surface area (Å²) in [7, 11) is 3.07. The van der Waals surface area contributed by atoms with E-state index in [4.69, 9.17) is 15.2 Å². The van der Waals surface area contributed by atoms with Crippen LogP contribution in [0.4, 0.5) is 0 Å². The number of ether oxygens (including phenoxy) is 2. The molecule has 0 saturated carbocycles. The largest absolute Gasteiger partial charge is 0.497 e. The number of carbonyl (C=O) groups excluding carboxylic acids is 2. The lowest BCUT2D eigenvalue weighted by atomic mass is 10.1. The Morgan fingerprint density at radius 1 is 1.08 bits per heavy atom. The molecule has 6 heteroatoms. The van der Waals surface area contributed by atoms with E-state index in [1.807, 2.05) is 6.07 Å². The quantitative estimate of drug-likeness (QED) is 0.807. The van der Waals surface area contributed by atoms with Crippen molar-refractivity contribution in [3.05, 3.63) is 59.7 Å². The van der Waals surface area contributed by atoms with Gasteiger partial charge in [0.25, 0.3) is 0 Å². The van der Waals surface area contributed by atoms with Gasteiger partial charge in [0, 0.05) is 5.56 Å². The van der Waals surface area contributed by atoms with Crippen molar-refractivity contribution in [2.75, 3.05) is 14.2 Å². The zero-order valence-corrected chi connectivity index (χ0v) is 13.6. The lowest BCUT2D eigenvalue weighted by Crippen LogP contribution is -2.38. The van der Waals surface area contributed by atoms with E-state index in [0.29, 0.717) is 22.6 Å². The van der Waals surface area contributed by atoms with Crippen LogP contribution in [0.3, 0.4) is 0 Å². The minimum Gasteiger partial charge on any atom is -0.497 e. The summed E-state index contributed by atoms with van der Waals surface area (Å²) >= 11 is 0. The van der Waals surface area contributed by atoms with Crippen LogP contribution in [0.25, 0.3) is 0 Å². The third-order valence-electron chi connectivity index (χ3n) is 3.56. The van der Waals surface area contributed by atoms with E-state index < -0.39 is 11.9 Å². The van der Waals surface area contributed by atoms with Gasteiger partial charge in [0.15, 0.2) is 0 Å². The third-order valence-corrected chi connectivity index (χ3v) is 3.56. The summed E-state index contributed by atoms with van der Waals surface area (Å²) in [5, 5.41) is 2.66. The summed E-state index contributed by atoms with van der Waals surface area (Å²) in [6.07, 6.45) is 0.0387. The number of methoxy groups -OCH3 is 2. The normalized spacial score (nSPS) is 11.4. The van der Waals surface area contributed by atoms with Crippen LogP contribution in [-0.2, 0) is 16.0 Å². The average molecular weight is 328 g/mol. The summed E-state index contributed by atoms with van der Waals surface area (Å²) in [6, 6.07) is 13.2. The Morgan fingerprint density at radius 3 is 2.38 bits per heavy atom. The fourth-order valence-electron chi connectivity index (χ4n) is 2.37. The summed E-state index contributed by atoms with van der Waals surface area (Å²) in [5.41, 5.74) is 6.71. The van der Waals surface area contributed by atoms with Gasteiger partial charge in [0.05, 0.1) is 20.6 Å². The van der Waals surface area contributed by atoms with Crippen LogP contribution < -0.4 is 20.5 Å². The number of nitrogens with two attached hydrogens (primary N) is 1. The molecule has 2 aromatic rings. The molecule has 2 rings (SSSR count). The van der Waals surface area contributed by atoms with Crippen LogP contribution in [0.1, 0.15) is 17.2 Å². The summed E-state index contributed by atoms with van der Waals surface area (Å²) in [6.45, 7) is 0. The predicted molar refractivity (Wildman–Crippen MR) is 89.8 cm³/mol. The van der Waals surface area contributed by atoms with Crippen molar-refractivity contribution in [2.24, 2.45) is 5.73 Å². The number of rotatable bonds is 7. The lowest BCUT2D eigenvalue weighted by Gasteiger charge is -2.17. The molecule has 0 aliphatic heterocycles. The fraction of sp³-hybridized carbons (Fsp3) is 0.222. The molecule has 6 nitrogen and oxygen atoms in total. The number of nitrogens with one attached hydrogen (secondary N) is 1. The van der Waals surface area contributed by atoms with Gasteiger partial charge < -0.3 is 20.5 Å². The highest BCUT2D eigenvalue weighted by Gasteiger charge is 2.21. The first-order chi connectivity index (χ1) is 11.5. The second kappa shape index (κ2) is 8.01. The van der Waals surface area contributed by atoms with E-state index in [-0.39, 0.29) is 12.3 Å². The average Bonchev–Trinajstić information content (AvgIpc) is 2.60. The van der Waals surface area contributed by atoms with Gasteiger partial charge in [-0.15, -0.1) is 0 Å². The zero-order chi connectivity index (χ0) is 17.5. The molecule has 126 valence electrons. The molecule has 3 N–H and O–H groups in total. The number of hydrogen-bond donors (Lipinski definition) is 2. The van der Waals surface area contributed by atoms with Gasteiger partial charge in [0.1, 0.15) is 17.5 Å². The van der Waals surface area contributed by atoms with Crippen molar-refractivity contribution in [1.29, 1.82) is 0 Å². The molecule has 2 aromatic carbocycles. The molecule has 0 bridgehead atoms. The van der Waals surface area contributed by atoms with Gasteiger partial charge in [-0.25, -0.2) is 0 Å². The molecule has 0 aliphatic rings. The maximum absolute atomic E-state index is 12.4. The van der Waals surface area contributed by atoms with Gasteiger partial charge in [-0.3, -0.25) is 9.59 Å². The first-order valence-electron chi connectivity index (χ1n) is 7.39. The van der Waals surface area contributed by atoms with Crippen LogP contribution in [0.5, 0.6) is 11.5 Å². The van der Waals surface area contributed by atoms with Crippen molar-refractivity contribution in [3.8, 4) is 11.5 Å². The van der Waals surface area contributed by atoms with Crippen LogP contribution in [-0.4, -0.2) is 26.0 Å². The minimum absolute atomic E-state index is 0.0387. The molecule has 0 aliphatic carbocycles. The second-order valence-electron chi connectivity index (χ2n) is 5.17. The predicted octanol–water partition coefficient (Wildman–Crippen LogP) is 1.59. The minimum atomic E-state index is -0.879. The molecular weight excluding hydrogens is 308 g/mol. The zero-order valence-electron chi connectivity index (χ0n) is 13.6. The Labute approximate surface area is 140 Å². The van der Waals surface area contributed by atoms with Gasteiger partial charge in [-0.1, -0.05) is 30.3 Å². The van der Waals surface area contributed by atoms with E-state index >= 15 is 0 Å². The maximum atomic E-state index is 12.4. The monoisotopic (exact) mass is 328 g/mol. The van der Waals surface area contributed by atoms with E-state index in [1.165, 1.54) is 7.11 Å². The number of carbonyl (C=O) groups is 2. The smallest absolute Gasteiger partial charge is 0.244 e. The third kappa shape index (κ3) is 4.25. The Kier molecular flexibility index (Phi) is 5.78. The molecule has 2 amide bonds. The first kappa shape index (κ1) is 17.3. The Morgan fingerprint density at radius 2 is 1.79 bits per heavy atom. The van der Waals surface area contributed by atoms with Crippen molar-refractivity contribution in [1.82, 2.24) is 5.32 Å². The molecule has 1 atom stereocenters. The van der Waals surface area contributed by atoms with Crippen LogP contribution in [0.2, 0.25) is 0 Å². The number of primary amides is 1. The molecule has 24 heavy (non-hydrogen) atoms. The summed E-state index contributed by atoms with van der Waals surface area (Å²) in [4.78, 5) is 24.0. The van der Waals surface area contributed by atoms with Crippen molar-refractivity contribution >= 4 is 11.8 Å². The van der Waals surface area contributed by atoms with Crippen LogP contribution >= 0.6 is 0 Å². The number of benzene rings is 2. The Bertz CT molecular complexity index is 716. The number of amides is 2. The molecule has 1 unspecified atom stereocenters. The van der Waals surface area contributed by atoms with E-state index in [2.05, 4.69) is 5.32 Å². The lowest BCUT2D eigenvalue weighted by molar-refractivity contribution is -0.127. The van der Waals surface area contributed by atoms with Crippen molar-refractivity contribution in [3.63, 3.8) is 0 Å². The Hall–Kier alpha value is -3.02.